The van der Waals surface area contributed by atoms with E-state index in [1.807, 2.05) is 30.3 Å². The average Bonchev–Trinajstić information content (AvgIpc) is 3.43. The minimum absolute atomic E-state index is 0.0178. The first-order chi connectivity index (χ1) is 19.1. The van der Waals surface area contributed by atoms with Gasteiger partial charge in [0.05, 0.1) is 17.0 Å². The van der Waals surface area contributed by atoms with Crippen LogP contribution in [0, 0.1) is 5.82 Å². The molecule has 212 valence electrons. The van der Waals surface area contributed by atoms with Crippen LogP contribution in [-0.4, -0.2) is 50.0 Å². The maximum absolute atomic E-state index is 14.1. The summed E-state index contributed by atoms with van der Waals surface area (Å²) in [5, 5.41) is 3.28. The van der Waals surface area contributed by atoms with E-state index in [0.717, 1.165) is 41.8 Å². The highest BCUT2D eigenvalue weighted by Crippen LogP contribution is 2.28. The van der Waals surface area contributed by atoms with Crippen LogP contribution in [0.5, 0.6) is 0 Å². The molecule has 1 aliphatic carbocycles. The molecule has 10 heteroatoms. The molecule has 1 atom stereocenters. The molecule has 7 nitrogen and oxygen atoms in total. The molecule has 0 saturated heterocycles. The van der Waals surface area contributed by atoms with E-state index in [9.17, 15) is 22.4 Å². The van der Waals surface area contributed by atoms with E-state index in [2.05, 4.69) is 5.32 Å². The Morgan fingerprint density at radius 2 is 1.57 bits per heavy atom. The topological polar surface area (TPSA) is 86.8 Å². The van der Waals surface area contributed by atoms with Crippen molar-refractivity contribution < 1.29 is 22.4 Å². The minimum atomic E-state index is -3.92. The summed E-state index contributed by atoms with van der Waals surface area (Å²) in [6, 6.07) is 20.5. The van der Waals surface area contributed by atoms with Crippen LogP contribution in [-0.2, 0) is 32.6 Å². The summed E-state index contributed by atoms with van der Waals surface area (Å²) >= 11 is 6.32. The Bertz CT molecular complexity index is 1410. The van der Waals surface area contributed by atoms with Gasteiger partial charge >= 0.3 is 0 Å². The van der Waals surface area contributed by atoms with Crippen LogP contribution in [0.2, 0.25) is 5.02 Å². The predicted molar refractivity (Wildman–Crippen MR) is 155 cm³/mol. The SMILES string of the molecule is CS(=O)(=O)N(CC(=O)N(Cc1ccc(F)cc1)C(Cc1ccccc1)C(=O)NC1CCCC1)c1ccccc1Cl. The molecule has 0 aliphatic heterocycles. The largest absolute Gasteiger partial charge is 0.352 e. The summed E-state index contributed by atoms with van der Waals surface area (Å²) in [6.07, 6.45) is 5.00. The lowest BCUT2D eigenvalue weighted by Crippen LogP contribution is -2.54. The number of halogens is 2. The summed E-state index contributed by atoms with van der Waals surface area (Å²) in [5.41, 5.74) is 1.61. The van der Waals surface area contributed by atoms with Gasteiger partial charge in [-0.3, -0.25) is 13.9 Å². The maximum Gasteiger partial charge on any atom is 0.244 e. The fourth-order valence-corrected chi connectivity index (χ4v) is 6.11. The quantitative estimate of drug-likeness (QED) is 0.345. The van der Waals surface area contributed by atoms with Gasteiger partial charge in [0.2, 0.25) is 21.8 Å². The highest BCUT2D eigenvalue weighted by Gasteiger charge is 2.34. The van der Waals surface area contributed by atoms with Crippen LogP contribution in [0.1, 0.15) is 36.8 Å². The van der Waals surface area contributed by atoms with Gasteiger partial charge in [-0.25, -0.2) is 12.8 Å². The van der Waals surface area contributed by atoms with E-state index in [1.165, 1.54) is 23.1 Å². The second kappa shape index (κ2) is 13.3. The molecule has 4 rings (SSSR count). The Kier molecular flexibility index (Phi) is 9.81. The second-order valence-electron chi connectivity index (χ2n) is 10.1. The minimum Gasteiger partial charge on any atom is -0.352 e. The summed E-state index contributed by atoms with van der Waals surface area (Å²) < 4.78 is 40.3. The van der Waals surface area contributed by atoms with Crippen molar-refractivity contribution in [1.29, 1.82) is 0 Å². The van der Waals surface area contributed by atoms with Crippen LogP contribution in [0.3, 0.4) is 0 Å². The highest BCUT2D eigenvalue weighted by atomic mass is 35.5. The van der Waals surface area contributed by atoms with E-state index >= 15 is 0 Å². The molecule has 1 saturated carbocycles. The molecular formula is C30H33ClFN3O4S. The van der Waals surface area contributed by atoms with Gasteiger partial charge in [-0.15, -0.1) is 0 Å². The average molecular weight is 586 g/mol. The lowest BCUT2D eigenvalue weighted by atomic mass is 10.0. The number of amides is 2. The summed E-state index contributed by atoms with van der Waals surface area (Å²) in [6.45, 7) is -0.583. The predicted octanol–water partition coefficient (Wildman–Crippen LogP) is 4.94. The molecule has 0 heterocycles. The van der Waals surface area contributed by atoms with Gasteiger partial charge in [0.15, 0.2) is 0 Å². The Labute approximate surface area is 240 Å². The van der Waals surface area contributed by atoms with Crippen molar-refractivity contribution in [2.24, 2.45) is 0 Å². The van der Waals surface area contributed by atoms with Gasteiger partial charge in [0.1, 0.15) is 18.4 Å². The van der Waals surface area contributed by atoms with Crippen molar-refractivity contribution in [3.8, 4) is 0 Å². The number of hydrogen-bond acceptors (Lipinski definition) is 4. The standard InChI is InChI=1S/C30H33ClFN3O4S/c1-40(38,39)35(27-14-8-7-13-26(27)31)21-29(36)34(20-23-15-17-24(32)18-16-23)28(19-22-9-3-2-4-10-22)30(37)33-25-11-5-6-12-25/h2-4,7-10,13-18,25,28H,5-6,11-12,19-21H2,1H3,(H,33,37). The van der Waals surface area contributed by atoms with Crippen molar-refractivity contribution in [2.75, 3.05) is 17.1 Å². The van der Waals surface area contributed by atoms with E-state index in [4.69, 9.17) is 11.6 Å². The lowest BCUT2D eigenvalue weighted by molar-refractivity contribution is -0.140. The molecule has 40 heavy (non-hydrogen) atoms. The molecule has 2 amide bonds. The van der Waals surface area contributed by atoms with Crippen molar-refractivity contribution in [3.05, 3.63) is 101 Å². The highest BCUT2D eigenvalue weighted by molar-refractivity contribution is 7.92. The van der Waals surface area contributed by atoms with Gasteiger partial charge in [0.25, 0.3) is 0 Å². The fraction of sp³-hybridized carbons (Fsp3) is 0.333. The molecule has 0 bridgehead atoms. The first kappa shape index (κ1) is 29.6. The zero-order valence-electron chi connectivity index (χ0n) is 22.3. The molecule has 1 aliphatic rings. The number of sulfonamides is 1. The summed E-state index contributed by atoms with van der Waals surface area (Å²) in [5.74, 6) is -1.32. The number of nitrogens with zero attached hydrogens (tertiary/aromatic N) is 2. The van der Waals surface area contributed by atoms with Crippen LogP contribution in [0.25, 0.3) is 0 Å². The zero-order chi connectivity index (χ0) is 28.7. The molecule has 0 radical (unpaired) electrons. The van der Waals surface area contributed by atoms with Crippen molar-refractivity contribution in [1.82, 2.24) is 10.2 Å². The Hall–Kier alpha value is -3.43. The molecule has 0 aromatic heterocycles. The molecular weight excluding hydrogens is 553 g/mol. The number of carbonyl (C=O) groups excluding carboxylic acids is 2. The van der Waals surface area contributed by atoms with Gasteiger partial charge in [-0.1, -0.05) is 79.0 Å². The van der Waals surface area contributed by atoms with E-state index < -0.39 is 34.3 Å². The third-order valence-corrected chi connectivity index (χ3v) is 8.49. The Balaban J connectivity index is 1.72. The lowest BCUT2D eigenvalue weighted by Gasteiger charge is -2.34. The van der Waals surface area contributed by atoms with Gasteiger partial charge in [-0.2, -0.15) is 0 Å². The molecule has 3 aromatic carbocycles. The Morgan fingerprint density at radius 3 is 2.20 bits per heavy atom. The smallest absolute Gasteiger partial charge is 0.244 e. The number of hydrogen-bond donors (Lipinski definition) is 1. The first-order valence-electron chi connectivity index (χ1n) is 13.2. The van der Waals surface area contributed by atoms with Crippen molar-refractivity contribution >= 4 is 39.1 Å². The number of rotatable bonds is 11. The normalized spacial score (nSPS) is 14.5. The van der Waals surface area contributed by atoms with Gasteiger partial charge in [-0.05, 0) is 48.2 Å². The number of benzene rings is 3. The number of nitrogens with one attached hydrogen (secondary N) is 1. The number of para-hydroxylation sites is 1. The van der Waals surface area contributed by atoms with Crippen LogP contribution < -0.4 is 9.62 Å². The number of anilines is 1. The van der Waals surface area contributed by atoms with Crippen molar-refractivity contribution in [2.45, 2.75) is 50.7 Å². The van der Waals surface area contributed by atoms with Gasteiger partial charge < -0.3 is 10.2 Å². The van der Waals surface area contributed by atoms with E-state index in [-0.39, 0.29) is 35.6 Å². The first-order valence-corrected chi connectivity index (χ1v) is 15.4. The molecule has 1 unspecified atom stereocenters. The molecule has 1 fully saturated rings. The molecule has 3 aromatic rings. The third-order valence-electron chi connectivity index (χ3n) is 7.04. The Morgan fingerprint density at radius 1 is 0.950 bits per heavy atom. The summed E-state index contributed by atoms with van der Waals surface area (Å²) in [4.78, 5) is 29.2. The number of carbonyl (C=O) groups is 2. The van der Waals surface area contributed by atoms with Crippen LogP contribution in [0.4, 0.5) is 10.1 Å². The van der Waals surface area contributed by atoms with Gasteiger partial charge in [0, 0.05) is 19.0 Å². The molecule has 1 N–H and O–H groups in total. The maximum atomic E-state index is 14.1. The second-order valence-corrected chi connectivity index (χ2v) is 12.4. The fourth-order valence-electron chi connectivity index (χ4n) is 4.96. The molecule has 0 spiro atoms. The van der Waals surface area contributed by atoms with Crippen LogP contribution in [0.15, 0.2) is 78.9 Å². The van der Waals surface area contributed by atoms with Crippen molar-refractivity contribution in [3.63, 3.8) is 0 Å². The summed E-state index contributed by atoms with van der Waals surface area (Å²) in [7, 11) is -3.92. The van der Waals surface area contributed by atoms with E-state index in [1.54, 1.807) is 30.3 Å². The van der Waals surface area contributed by atoms with E-state index in [0.29, 0.717) is 5.56 Å². The zero-order valence-corrected chi connectivity index (χ0v) is 23.9. The third kappa shape index (κ3) is 7.82. The van der Waals surface area contributed by atoms with Crippen LogP contribution >= 0.6 is 11.6 Å². The monoisotopic (exact) mass is 585 g/mol.